The zero-order valence-electron chi connectivity index (χ0n) is 13.1. The monoisotopic (exact) mass is 304 g/mol. The van der Waals surface area contributed by atoms with Gasteiger partial charge in [-0.15, -0.1) is 0 Å². The van der Waals surface area contributed by atoms with Gasteiger partial charge in [0.1, 0.15) is 0 Å². The largest absolute Gasteiger partial charge is 0.469 e. The first-order chi connectivity index (χ1) is 10.6. The van der Waals surface area contributed by atoms with Crippen LogP contribution in [0.5, 0.6) is 0 Å². The van der Waals surface area contributed by atoms with Crippen molar-refractivity contribution in [3.05, 3.63) is 29.8 Å². The van der Waals surface area contributed by atoms with E-state index < -0.39 is 0 Å². The minimum absolute atomic E-state index is 0.0769. The van der Waals surface area contributed by atoms with Gasteiger partial charge >= 0.3 is 5.97 Å². The Labute approximate surface area is 131 Å². The third-order valence-corrected chi connectivity index (χ3v) is 4.28. The second-order valence-corrected chi connectivity index (χ2v) is 5.83. The SMILES string of the molecule is COC(=O)CCCC1CCN(C(=O)c2ccc(N)cc2)CC1. The molecule has 0 saturated carbocycles. The van der Waals surface area contributed by atoms with Crippen molar-refractivity contribution in [3.63, 3.8) is 0 Å². The van der Waals surface area contributed by atoms with Crippen LogP contribution in [0, 0.1) is 5.92 Å². The number of amides is 1. The van der Waals surface area contributed by atoms with Crippen molar-refractivity contribution in [2.75, 3.05) is 25.9 Å². The van der Waals surface area contributed by atoms with E-state index in [9.17, 15) is 9.59 Å². The lowest BCUT2D eigenvalue weighted by Gasteiger charge is -2.32. The Kier molecular flexibility index (Phi) is 5.81. The molecular weight excluding hydrogens is 280 g/mol. The first kappa shape index (κ1) is 16.3. The Bertz CT molecular complexity index is 505. The molecule has 2 rings (SSSR count). The Balaban J connectivity index is 1.75. The number of methoxy groups -OCH3 is 1. The van der Waals surface area contributed by atoms with E-state index in [0.29, 0.717) is 23.6 Å². The number of likely N-dealkylation sites (tertiary alicyclic amines) is 1. The Morgan fingerprint density at radius 2 is 1.86 bits per heavy atom. The number of rotatable bonds is 5. The van der Waals surface area contributed by atoms with Crippen molar-refractivity contribution >= 4 is 17.6 Å². The molecule has 0 bridgehead atoms. The first-order valence-corrected chi connectivity index (χ1v) is 7.82. The summed E-state index contributed by atoms with van der Waals surface area (Å²) in [7, 11) is 1.42. The third kappa shape index (κ3) is 4.48. The molecule has 1 amide bonds. The molecular formula is C17H24N2O3. The fourth-order valence-corrected chi connectivity index (χ4v) is 2.87. The maximum atomic E-state index is 12.4. The van der Waals surface area contributed by atoms with Crippen LogP contribution in [-0.4, -0.2) is 37.0 Å². The fourth-order valence-electron chi connectivity index (χ4n) is 2.87. The Morgan fingerprint density at radius 3 is 2.45 bits per heavy atom. The lowest BCUT2D eigenvalue weighted by Crippen LogP contribution is -2.38. The molecule has 5 nitrogen and oxygen atoms in total. The van der Waals surface area contributed by atoms with Crippen LogP contribution in [0.25, 0.3) is 0 Å². The zero-order valence-corrected chi connectivity index (χ0v) is 13.1. The second kappa shape index (κ2) is 7.82. The highest BCUT2D eigenvalue weighted by atomic mass is 16.5. The van der Waals surface area contributed by atoms with Crippen LogP contribution in [0.1, 0.15) is 42.5 Å². The second-order valence-electron chi connectivity index (χ2n) is 5.83. The molecule has 0 unspecified atom stereocenters. The molecule has 1 aromatic carbocycles. The summed E-state index contributed by atoms with van der Waals surface area (Å²) in [4.78, 5) is 25.4. The predicted octanol–water partition coefficient (Wildman–Crippen LogP) is 2.46. The number of nitrogens with two attached hydrogens (primary N) is 1. The smallest absolute Gasteiger partial charge is 0.305 e. The number of benzene rings is 1. The third-order valence-electron chi connectivity index (χ3n) is 4.28. The highest BCUT2D eigenvalue weighted by molar-refractivity contribution is 5.94. The van der Waals surface area contributed by atoms with E-state index in [-0.39, 0.29) is 11.9 Å². The molecule has 0 radical (unpaired) electrons. The molecule has 5 heteroatoms. The van der Waals surface area contributed by atoms with Gasteiger partial charge in [0.05, 0.1) is 7.11 Å². The molecule has 1 aromatic rings. The molecule has 2 N–H and O–H groups in total. The Morgan fingerprint density at radius 1 is 1.23 bits per heavy atom. The number of anilines is 1. The van der Waals surface area contributed by atoms with Crippen molar-refractivity contribution in [3.8, 4) is 0 Å². The van der Waals surface area contributed by atoms with Gasteiger partial charge in [-0.2, -0.15) is 0 Å². The number of carbonyl (C=O) groups is 2. The molecule has 1 heterocycles. The minimum atomic E-state index is -0.143. The van der Waals surface area contributed by atoms with Gasteiger partial charge in [-0.3, -0.25) is 9.59 Å². The number of carbonyl (C=O) groups excluding carboxylic acids is 2. The van der Waals surface area contributed by atoms with Gasteiger partial charge in [0, 0.05) is 30.8 Å². The maximum Gasteiger partial charge on any atom is 0.305 e. The van der Waals surface area contributed by atoms with E-state index in [4.69, 9.17) is 5.73 Å². The molecule has 120 valence electrons. The normalized spacial score (nSPS) is 15.6. The van der Waals surface area contributed by atoms with Gasteiger partial charge in [-0.05, 0) is 55.9 Å². The van der Waals surface area contributed by atoms with Gasteiger partial charge in [0.15, 0.2) is 0 Å². The van der Waals surface area contributed by atoms with Crippen LogP contribution in [0.2, 0.25) is 0 Å². The van der Waals surface area contributed by atoms with Crippen LogP contribution in [-0.2, 0) is 9.53 Å². The summed E-state index contributed by atoms with van der Waals surface area (Å²) >= 11 is 0. The number of ether oxygens (including phenoxy) is 1. The van der Waals surface area contributed by atoms with Crippen LogP contribution in [0.15, 0.2) is 24.3 Å². The Hall–Kier alpha value is -2.04. The van der Waals surface area contributed by atoms with E-state index in [1.54, 1.807) is 24.3 Å². The number of hydrogen-bond donors (Lipinski definition) is 1. The summed E-state index contributed by atoms with van der Waals surface area (Å²) < 4.78 is 4.64. The van der Waals surface area contributed by atoms with Gasteiger partial charge in [0.25, 0.3) is 5.91 Å². The van der Waals surface area contributed by atoms with E-state index >= 15 is 0 Å². The van der Waals surface area contributed by atoms with Gasteiger partial charge in [-0.25, -0.2) is 0 Å². The number of nitrogen functional groups attached to an aromatic ring is 1. The standard InChI is InChI=1S/C17H24N2O3/c1-22-16(20)4-2-3-13-9-11-19(12-10-13)17(21)14-5-7-15(18)8-6-14/h5-8,13H,2-4,9-12,18H2,1H3. The first-order valence-electron chi connectivity index (χ1n) is 7.82. The number of esters is 1. The van der Waals surface area contributed by atoms with E-state index in [1.165, 1.54) is 7.11 Å². The van der Waals surface area contributed by atoms with Crippen LogP contribution in [0.3, 0.4) is 0 Å². The molecule has 1 fully saturated rings. The molecule has 0 spiro atoms. The summed E-state index contributed by atoms with van der Waals surface area (Å²) in [5.41, 5.74) is 7.00. The minimum Gasteiger partial charge on any atom is -0.469 e. The highest BCUT2D eigenvalue weighted by Crippen LogP contribution is 2.24. The van der Waals surface area contributed by atoms with E-state index in [1.807, 2.05) is 4.90 Å². The molecule has 0 atom stereocenters. The van der Waals surface area contributed by atoms with Crippen molar-refractivity contribution in [1.29, 1.82) is 0 Å². The quantitative estimate of drug-likeness (QED) is 0.670. The van der Waals surface area contributed by atoms with E-state index in [2.05, 4.69) is 4.74 Å². The van der Waals surface area contributed by atoms with Crippen molar-refractivity contribution in [2.24, 2.45) is 5.92 Å². The summed E-state index contributed by atoms with van der Waals surface area (Å²) in [6, 6.07) is 7.07. The molecule has 22 heavy (non-hydrogen) atoms. The molecule has 1 aliphatic rings. The number of piperidine rings is 1. The maximum absolute atomic E-state index is 12.4. The van der Waals surface area contributed by atoms with Gasteiger partial charge in [0.2, 0.25) is 0 Å². The van der Waals surface area contributed by atoms with Crippen LogP contribution < -0.4 is 5.73 Å². The molecule has 1 aliphatic heterocycles. The molecule has 1 saturated heterocycles. The predicted molar refractivity (Wildman–Crippen MR) is 85.3 cm³/mol. The lowest BCUT2D eigenvalue weighted by molar-refractivity contribution is -0.140. The lowest BCUT2D eigenvalue weighted by atomic mass is 9.91. The summed E-state index contributed by atoms with van der Waals surface area (Å²) in [6.45, 7) is 1.57. The average molecular weight is 304 g/mol. The fraction of sp³-hybridized carbons (Fsp3) is 0.529. The van der Waals surface area contributed by atoms with Crippen molar-refractivity contribution in [1.82, 2.24) is 4.90 Å². The van der Waals surface area contributed by atoms with Crippen LogP contribution in [0.4, 0.5) is 5.69 Å². The topological polar surface area (TPSA) is 72.6 Å². The summed E-state index contributed by atoms with van der Waals surface area (Å²) in [5.74, 6) is 0.532. The highest BCUT2D eigenvalue weighted by Gasteiger charge is 2.23. The zero-order chi connectivity index (χ0) is 15.9. The van der Waals surface area contributed by atoms with Crippen molar-refractivity contribution < 1.29 is 14.3 Å². The van der Waals surface area contributed by atoms with Crippen molar-refractivity contribution in [2.45, 2.75) is 32.1 Å². The number of nitrogens with zero attached hydrogens (tertiary/aromatic N) is 1. The van der Waals surface area contributed by atoms with Gasteiger partial charge in [-0.1, -0.05) is 0 Å². The van der Waals surface area contributed by atoms with E-state index in [0.717, 1.165) is 38.8 Å². The van der Waals surface area contributed by atoms with Gasteiger partial charge < -0.3 is 15.4 Å². The number of hydrogen-bond acceptors (Lipinski definition) is 4. The van der Waals surface area contributed by atoms with Crippen LogP contribution >= 0.6 is 0 Å². The summed E-state index contributed by atoms with van der Waals surface area (Å²) in [5, 5.41) is 0. The summed E-state index contributed by atoms with van der Waals surface area (Å²) in [6.07, 6.45) is 4.38. The molecule has 0 aromatic heterocycles. The average Bonchev–Trinajstić information content (AvgIpc) is 2.55. The molecule has 0 aliphatic carbocycles.